The smallest absolute Gasteiger partial charge is 0.0162 e. The SMILES string of the molecule is CC(CN)NCC1CCCCC1(C)C. The Morgan fingerprint density at radius 3 is 2.71 bits per heavy atom. The van der Waals surface area contributed by atoms with Crippen molar-refractivity contribution in [3.05, 3.63) is 0 Å². The minimum Gasteiger partial charge on any atom is -0.329 e. The second kappa shape index (κ2) is 5.13. The van der Waals surface area contributed by atoms with E-state index in [9.17, 15) is 0 Å². The lowest BCUT2D eigenvalue weighted by Crippen LogP contribution is -2.41. The van der Waals surface area contributed by atoms with Gasteiger partial charge in [0.05, 0.1) is 0 Å². The Morgan fingerprint density at radius 1 is 1.43 bits per heavy atom. The third-order valence-corrected chi connectivity index (χ3v) is 3.80. The maximum Gasteiger partial charge on any atom is 0.0162 e. The van der Waals surface area contributed by atoms with Crippen LogP contribution in [0.4, 0.5) is 0 Å². The van der Waals surface area contributed by atoms with Crippen molar-refractivity contribution in [3.8, 4) is 0 Å². The molecule has 0 spiro atoms. The maximum absolute atomic E-state index is 5.59. The Morgan fingerprint density at radius 2 is 2.14 bits per heavy atom. The van der Waals surface area contributed by atoms with Crippen LogP contribution in [0.3, 0.4) is 0 Å². The Hall–Kier alpha value is -0.0800. The van der Waals surface area contributed by atoms with E-state index in [0.717, 1.165) is 19.0 Å². The molecule has 1 fully saturated rings. The van der Waals surface area contributed by atoms with Gasteiger partial charge in [-0.3, -0.25) is 0 Å². The molecule has 0 heterocycles. The van der Waals surface area contributed by atoms with E-state index in [1.165, 1.54) is 25.7 Å². The van der Waals surface area contributed by atoms with E-state index in [1.807, 2.05) is 0 Å². The first-order valence-electron chi connectivity index (χ1n) is 5.99. The first kappa shape index (κ1) is 12.0. The lowest BCUT2D eigenvalue weighted by atomic mass is 9.69. The van der Waals surface area contributed by atoms with E-state index in [-0.39, 0.29) is 0 Å². The standard InChI is InChI=1S/C12H26N2/c1-10(8-13)14-9-11-6-4-5-7-12(11,2)3/h10-11,14H,4-9,13H2,1-3H3. The zero-order valence-electron chi connectivity index (χ0n) is 9.97. The molecule has 2 atom stereocenters. The van der Waals surface area contributed by atoms with Crippen LogP contribution < -0.4 is 11.1 Å². The highest BCUT2D eigenvalue weighted by Gasteiger charge is 2.31. The number of nitrogens with two attached hydrogens (primary N) is 1. The summed E-state index contributed by atoms with van der Waals surface area (Å²) in [6.07, 6.45) is 5.59. The highest BCUT2D eigenvalue weighted by atomic mass is 14.9. The number of nitrogens with one attached hydrogen (secondary N) is 1. The van der Waals surface area contributed by atoms with Gasteiger partial charge >= 0.3 is 0 Å². The van der Waals surface area contributed by atoms with Crippen LogP contribution in [0, 0.1) is 11.3 Å². The lowest BCUT2D eigenvalue weighted by molar-refractivity contribution is 0.133. The van der Waals surface area contributed by atoms with Crippen LogP contribution in [0.15, 0.2) is 0 Å². The molecule has 0 aromatic rings. The highest BCUT2D eigenvalue weighted by Crippen LogP contribution is 2.39. The molecule has 2 nitrogen and oxygen atoms in total. The predicted octanol–water partition coefficient (Wildman–Crippen LogP) is 2.14. The van der Waals surface area contributed by atoms with E-state index < -0.39 is 0 Å². The van der Waals surface area contributed by atoms with E-state index in [1.54, 1.807) is 0 Å². The molecule has 0 radical (unpaired) electrons. The maximum atomic E-state index is 5.59. The van der Waals surface area contributed by atoms with Gasteiger partial charge in [-0.2, -0.15) is 0 Å². The van der Waals surface area contributed by atoms with Crippen LogP contribution in [0.2, 0.25) is 0 Å². The molecular weight excluding hydrogens is 172 g/mol. The highest BCUT2D eigenvalue weighted by molar-refractivity contribution is 4.84. The molecule has 1 aliphatic rings. The molecule has 2 unspecified atom stereocenters. The fraction of sp³-hybridized carbons (Fsp3) is 1.00. The van der Waals surface area contributed by atoms with Crippen molar-refractivity contribution in [3.63, 3.8) is 0 Å². The average molecular weight is 198 g/mol. The van der Waals surface area contributed by atoms with Gasteiger partial charge in [0, 0.05) is 12.6 Å². The van der Waals surface area contributed by atoms with Crippen molar-refractivity contribution < 1.29 is 0 Å². The van der Waals surface area contributed by atoms with Gasteiger partial charge < -0.3 is 11.1 Å². The molecule has 0 aliphatic heterocycles. The number of hydrogen-bond donors (Lipinski definition) is 2. The first-order chi connectivity index (χ1) is 6.56. The monoisotopic (exact) mass is 198 g/mol. The Labute approximate surface area is 88.6 Å². The molecule has 1 rings (SSSR count). The van der Waals surface area contributed by atoms with E-state index in [2.05, 4.69) is 26.1 Å². The van der Waals surface area contributed by atoms with Gasteiger partial charge in [0.1, 0.15) is 0 Å². The van der Waals surface area contributed by atoms with Crippen LogP contribution in [-0.2, 0) is 0 Å². The minimum atomic E-state index is 0.465. The second-order valence-corrected chi connectivity index (χ2v) is 5.48. The molecule has 84 valence electrons. The summed E-state index contributed by atoms with van der Waals surface area (Å²) in [6.45, 7) is 8.87. The summed E-state index contributed by atoms with van der Waals surface area (Å²) >= 11 is 0. The molecule has 2 heteroatoms. The zero-order chi connectivity index (χ0) is 10.6. The normalized spacial score (nSPS) is 28.7. The molecule has 0 aromatic carbocycles. The lowest BCUT2D eigenvalue weighted by Gasteiger charge is -2.39. The summed E-state index contributed by atoms with van der Waals surface area (Å²) in [4.78, 5) is 0. The third-order valence-electron chi connectivity index (χ3n) is 3.80. The predicted molar refractivity (Wildman–Crippen MR) is 62.3 cm³/mol. The second-order valence-electron chi connectivity index (χ2n) is 5.48. The van der Waals surface area contributed by atoms with Crippen molar-refractivity contribution in [2.75, 3.05) is 13.1 Å². The van der Waals surface area contributed by atoms with Crippen LogP contribution in [0.25, 0.3) is 0 Å². The van der Waals surface area contributed by atoms with Gasteiger partial charge in [-0.05, 0) is 37.6 Å². The van der Waals surface area contributed by atoms with Gasteiger partial charge in [0.15, 0.2) is 0 Å². The average Bonchev–Trinajstić information content (AvgIpc) is 2.15. The van der Waals surface area contributed by atoms with Crippen LogP contribution >= 0.6 is 0 Å². The quantitative estimate of drug-likeness (QED) is 0.726. The molecule has 3 N–H and O–H groups in total. The molecular formula is C12H26N2. The Balaban J connectivity index is 2.34. The third kappa shape index (κ3) is 3.25. The van der Waals surface area contributed by atoms with Crippen molar-refractivity contribution in [1.82, 2.24) is 5.32 Å². The van der Waals surface area contributed by atoms with E-state index in [0.29, 0.717) is 11.5 Å². The zero-order valence-corrected chi connectivity index (χ0v) is 9.97. The van der Waals surface area contributed by atoms with Gasteiger partial charge in [-0.1, -0.05) is 26.7 Å². The molecule has 0 aromatic heterocycles. The largest absolute Gasteiger partial charge is 0.329 e. The van der Waals surface area contributed by atoms with Crippen molar-refractivity contribution in [2.24, 2.45) is 17.1 Å². The van der Waals surface area contributed by atoms with Gasteiger partial charge in [0.25, 0.3) is 0 Å². The molecule has 1 aliphatic carbocycles. The van der Waals surface area contributed by atoms with Gasteiger partial charge in [-0.25, -0.2) is 0 Å². The van der Waals surface area contributed by atoms with E-state index in [4.69, 9.17) is 5.73 Å². The van der Waals surface area contributed by atoms with Crippen molar-refractivity contribution in [2.45, 2.75) is 52.5 Å². The van der Waals surface area contributed by atoms with Crippen molar-refractivity contribution >= 4 is 0 Å². The summed E-state index contributed by atoms with van der Waals surface area (Å²) in [5, 5.41) is 3.53. The first-order valence-corrected chi connectivity index (χ1v) is 5.99. The van der Waals surface area contributed by atoms with Crippen LogP contribution in [-0.4, -0.2) is 19.1 Å². The molecule has 1 saturated carbocycles. The molecule has 0 saturated heterocycles. The van der Waals surface area contributed by atoms with E-state index >= 15 is 0 Å². The number of rotatable bonds is 4. The Kier molecular flexibility index (Phi) is 4.39. The molecule has 0 amide bonds. The summed E-state index contributed by atoms with van der Waals surface area (Å²) in [7, 11) is 0. The summed E-state index contributed by atoms with van der Waals surface area (Å²) in [5.74, 6) is 0.838. The topological polar surface area (TPSA) is 38.0 Å². The molecule has 0 bridgehead atoms. The van der Waals surface area contributed by atoms with Crippen LogP contribution in [0.1, 0.15) is 46.5 Å². The van der Waals surface area contributed by atoms with Crippen molar-refractivity contribution in [1.29, 1.82) is 0 Å². The summed E-state index contributed by atoms with van der Waals surface area (Å²) in [6, 6.07) is 0.465. The molecule has 14 heavy (non-hydrogen) atoms. The van der Waals surface area contributed by atoms with Gasteiger partial charge in [-0.15, -0.1) is 0 Å². The summed E-state index contributed by atoms with van der Waals surface area (Å²) in [5.41, 5.74) is 6.12. The fourth-order valence-corrected chi connectivity index (χ4v) is 2.37. The van der Waals surface area contributed by atoms with Crippen LogP contribution in [0.5, 0.6) is 0 Å². The fourth-order valence-electron chi connectivity index (χ4n) is 2.37. The summed E-state index contributed by atoms with van der Waals surface area (Å²) < 4.78 is 0. The number of hydrogen-bond acceptors (Lipinski definition) is 2. The Bertz CT molecular complexity index is 166. The minimum absolute atomic E-state index is 0.465. The van der Waals surface area contributed by atoms with Gasteiger partial charge in [0.2, 0.25) is 0 Å².